The molecule has 0 atom stereocenters. The Kier molecular flexibility index (Phi) is 5.67. The van der Waals surface area contributed by atoms with E-state index >= 15 is 0 Å². The van der Waals surface area contributed by atoms with E-state index in [1.54, 1.807) is 0 Å². The standard InChI is InChI=1S/C16H32N2O/c1-3-14-5-9-16(13-17,10-6-14)18-11-7-15(8-12-18)19-4-2/h14-15H,3-13,17H2,1-2H3. The van der Waals surface area contributed by atoms with Gasteiger partial charge in [-0.25, -0.2) is 0 Å². The molecule has 0 unspecified atom stereocenters. The summed E-state index contributed by atoms with van der Waals surface area (Å²) in [6.07, 6.45) is 9.57. The maximum absolute atomic E-state index is 6.18. The summed E-state index contributed by atoms with van der Waals surface area (Å²) < 4.78 is 5.76. The van der Waals surface area contributed by atoms with E-state index in [2.05, 4.69) is 18.7 Å². The molecule has 1 saturated carbocycles. The predicted molar refractivity (Wildman–Crippen MR) is 80.3 cm³/mol. The van der Waals surface area contributed by atoms with Crippen LogP contribution < -0.4 is 5.73 Å². The molecule has 1 aliphatic carbocycles. The Balaban J connectivity index is 1.88. The number of piperidine rings is 1. The average molecular weight is 268 g/mol. The van der Waals surface area contributed by atoms with Gasteiger partial charge < -0.3 is 10.5 Å². The molecule has 3 heteroatoms. The number of ether oxygens (including phenoxy) is 1. The van der Waals surface area contributed by atoms with Crippen molar-refractivity contribution in [2.24, 2.45) is 11.7 Å². The maximum atomic E-state index is 6.18. The second-order valence-electron chi connectivity index (χ2n) is 6.42. The van der Waals surface area contributed by atoms with E-state index in [9.17, 15) is 0 Å². The summed E-state index contributed by atoms with van der Waals surface area (Å²) in [4.78, 5) is 2.69. The highest BCUT2D eigenvalue weighted by molar-refractivity contribution is 4.97. The van der Waals surface area contributed by atoms with Crippen molar-refractivity contribution in [3.63, 3.8) is 0 Å². The lowest BCUT2D eigenvalue weighted by Gasteiger charge is -2.50. The first-order valence-corrected chi connectivity index (χ1v) is 8.30. The topological polar surface area (TPSA) is 38.5 Å². The van der Waals surface area contributed by atoms with Crippen molar-refractivity contribution in [3.8, 4) is 0 Å². The molecule has 2 aliphatic rings. The quantitative estimate of drug-likeness (QED) is 0.833. The summed E-state index contributed by atoms with van der Waals surface area (Å²) in [5.41, 5.74) is 6.48. The molecule has 1 saturated heterocycles. The molecule has 0 bridgehead atoms. The van der Waals surface area contributed by atoms with Crippen LogP contribution in [0.1, 0.15) is 58.8 Å². The summed E-state index contributed by atoms with van der Waals surface area (Å²) in [5, 5.41) is 0. The van der Waals surface area contributed by atoms with Crippen molar-refractivity contribution in [2.45, 2.75) is 70.4 Å². The summed E-state index contributed by atoms with van der Waals surface area (Å²) in [6, 6.07) is 0. The van der Waals surface area contributed by atoms with Gasteiger partial charge in [-0.15, -0.1) is 0 Å². The molecule has 0 amide bonds. The highest BCUT2D eigenvalue weighted by Crippen LogP contribution is 2.38. The molecule has 1 aliphatic heterocycles. The Bertz CT molecular complexity index is 253. The third-order valence-corrected chi connectivity index (χ3v) is 5.51. The van der Waals surface area contributed by atoms with Crippen molar-refractivity contribution < 1.29 is 4.74 Å². The molecular formula is C16H32N2O. The van der Waals surface area contributed by atoms with E-state index in [-0.39, 0.29) is 0 Å². The Morgan fingerprint density at radius 3 is 2.21 bits per heavy atom. The molecule has 0 aromatic carbocycles. The first kappa shape index (κ1) is 15.3. The molecule has 112 valence electrons. The van der Waals surface area contributed by atoms with Gasteiger partial charge in [0.2, 0.25) is 0 Å². The van der Waals surface area contributed by atoms with Crippen LogP contribution in [0.5, 0.6) is 0 Å². The zero-order valence-corrected chi connectivity index (χ0v) is 12.9. The molecule has 0 aromatic heterocycles. The first-order chi connectivity index (χ1) is 9.24. The number of likely N-dealkylation sites (tertiary alicyclic amines) is 1. The van der Waals surface area contributed by atoms with E-state index < -0.39 is 0 Å². The van der Waals surface area contributed by atoms with Crippen molar-refractivity contribution in [1.82, 2.24) is 4.90 Å². The molecule has 19 heavy (non-hydrogen) atoms. The molecule has 2 rings (SSSR count). The lowest BCUT2D eigenvalue weighted by molar-refractivity contribution is -0.0331. The van der Waals surface area contributed by atoms with Crippen LogP contribution in [0.2, 0.25) is 0 Å². The zero-order valence-electron chi connectivity index (χ0n) is 12.9. The number of nitrogens with two attached hydrogens (primary N) is 1. The van der Waals surface area contributed by atoms with Crippen LogP contribution in [0.25, 0.3) is 0 Å². The molecule has 3 nitrogen and oxygen atoms in total. The highest BCUT2D eigenvalue weighted by atomic mass is 16.5. The van der Waals surface area contributed by atoms with E-state index in [1.165, 1.54) is 58.0 Å². The third kappa shape index (κ3) is 3.50. The molecule has 2 fully saturated rings. The van der Waals surface area contributed by atoms with Crippen molar-refractivity contribution >= 4 is 0 Å². The zero-order chi connectivity index (χ0) is 13.7. The minimum Gasteiger partial charge on any atom is -0.378 e. The normalized spacial score (nSPS) is 34.6. The van der Waals surface area contributed by atoms with Crippen molar-refractivity contribution in [3.05, 3.63) is 0 Å². The Hall–Kier alpha value is -0.120. The lowest BCUT2D eigenvalue weighted by Crippen LogP contribution is -2.58. The number of rotatable bonds is 5. The Morgan fingerprint density at radius 1 is 1.11 bits per heavy atom. The van der Waals surface area contributed by atoms with Gasteiger partial charge in [-0.2, -0.15) is 0 Å². The van der Waals surface area contributed by atoms with Gasteiger partial charge in [-0.3, -0.25) is 4.90 Å². The van der Waals surface area contributed by atoms with Crippen LogP contribution in [0.4, 0.5) is 0 Å². The van der Waals surface area contributed by atoms with Crippen LogP contribution in [-0.2, 0) is 4.74 Å². The number of nitrogens with zero attached hydrogens (tertiary/aromatic N) is 1. The fourth-order valence-corrected chi connectivity index (χ4v) is 4.01. The van der Waals surface area contributed by atoms with Gasteiger partial charge in [-0.05, 0) is 51.4 Å². The van der Waals surface area contributed by atoms with Gasteiger partial charge >= 0.3 is 0 Å². The molecule has 2 N–H and O–H groups in total. The van der Waals surface area contributed by atoms with Crippen LogP contribution in [0, 0.1) is 5.92 Å². The molecule has 0 spiro atoms. The summed E-state index contributed by atoms with van der Waals surface area (Å²) >= 11 is 0. The van der Waals surface area contributed by atoms with Gasteiger partial charge in [0.05, 0.1) is 6.10 Å². The predicted octanol–water partition coefficient (Wildman–Crippen LogP) is 2.79. The first-order valence-electron chi connectivity index (χ1n) is 8.30. The van der Waals surface area contributed by atoms with Gasteiger partial charge in [0, 0.05) is 31.8 Å². The van der Waals surface area contributed by atoms with Crippen LogP contribution >= 0.6 is 0 Å². The fraction of sp³-hybridized carbons (Fsp3) is 1.00. The average Bonchev–Trinajstić information content (AvgIpc) is 2.48. The van der Waals surface area contributed by atoms with E-state index in [0.717, 1.165) is 19.1 Å². The highest BCUT2D eigenvalue weighted by Gasteiger charge is 2.40. The summed E-state index contributed by atoms with van der Waals surface area (Å²) in [5.74, 6) is 0.945. The van der Waals surface area contributed by atoms with Crippen molar-refractivity contribution in [1.29, 1.82) is 0 Å². The third-order valence-electron chi connectivity index (χ3n) is 5.51. The number of hydrogen-bond donors (Lipinski definition) is 1. The van der Waals surface area contributed by atoms with E-state index in [0.29, 0.717) is 11.6 Å². The maximum Gasteiger partial charge on any atom is 0.0599 e. The number of hydrogen-bond acceptors (Lipinski definition) is 3. The largest absolute Gasteiger partial charge is 0.378 e. The monoisotopic (exact) mass is 268 g/mol. The van der Waals surface area contributed by atoms with Gasteiger partial charge in [-0.1, -0.05) is 13.3 Å². The smallest absolute Gasteiger partial charge is 0.0599 e. The van der Waals surface area contributed by atoms with E-state index in [1.807, 2.05) is 0 Å². The lowest BCUT2D eigenvalue weighted by atomic mass is 9.74. The van der Waals surface area contributed by atoms with Crippen LogP contribution in [0.3, 0.4) is 0 Å². The van der Waals surface area contributed by atoms with Crippen molar-refractivity contribution in [2.75, 3.05) is 26.2 Å². The molecule has 0 radical (unpaired) electrons. The minimum atomic E-state index is 0.308. The Morgan fingerprint density at radius 2 is 1.74 bits per heavy atom. The summed E-state index contributed by atoms with van der Waals surface area (Å²) in [6.45, 7) is 8.47. The van der Waals surface area contributed by atoms with Gasteiger partial charge in [0.25, 0.3) is 0 Å². The summed E-state index contributed by atoms with van der Waals surface area (Å²) in [7, 11) is 0. The van der Waals surface area contributed by atoms with Crippen LogP contribution in [-0.4, -0.2) is 42.8 Å². The van der Waals surface area contributed by atoms with Gasteiger partial charge in [0.15, 0.2) is 0 Å². The fourth-order valence-electron chi connectivity index (χ4n) is 4.01. The molecule has 0 aromatic rings. The molecular weight excluding hydrogens is 236 g/mol. The Labute approximate surface area is 118 Å². The van der Waals surface area contributed by atoms with Gasteiger partial charge in [0.1, 0.15) is 0 Å². The van der Waals surface area contributed by atoms with Crippen LogP contribution in [0.15, 0.2) is 0 Å². The minimum absolute atomic E-state index is 0.308. The van der Waals surface area contributed by atoms with E-state index in [4.69, 9.17) is 10.5 Å². The second-order valence-corrected chi connectivity index (χ2v) is 6.42. The SMILES string of the molecule is CCOC1CCN(C2(CN)CCC(CC)CC2)CC1. The molecule has 1 heterocycles. The second kappa shape index (κ2) is 7.05.